The summed E-state index contributed by atoms with van der Waals surface area (Å²) in [6.45, 7) is 10.3. The molecule has 1 aliphatic rings. The number of hydrogen-bond acceptors (Lipinski definition) is 3. The number of benzene rings is 1. The highest BCUT2D eigenvalue weighted by molar-refractivity contribution is 5.36. The molecule has 1 saturated heterocycles. The lowest BCUT2D eigenvalue weighted by Crippen LogP contribution is -2.56. The van der Waals surface area contributed by atoms with Gasteiger partial charge in [-0.3, -0.25) is 4.90 Å². The molecule has 18 heavy (non-hydrogen) atoms. The summed E-state index contributed by atoms with van der Waals surface area (Å²) in [6, 6.07) is 6.76. The van der Waals surface area contributed by atoms with Gasteiger partial charge in [0, 0.05) is 25.7 Å². The van der Waals surface area contributed by atoms with Crippen LogP contribution in [0.15, 0.2) is 18.2 Å². The van der Waals surface area contributed by atoms with E-state index in [1.54, 1.807) is 0 Å². The van der Waals surface area contributed by atoms with Gasteiger partial charge in [-0.25, -0.2) is 0 Å². The van der Waals surface area contributed by atoms with Crippen LogP contribution in [0.2, 0.25) is 0 Å². The van der Waals surface area contributed by atoms with E-state index in [0.29, 0.717) is 12.0 Å². The maximum atomic E-state index is 5.78. The van der Waals surface area contributed by atoms with Crippen molar-refractivity contribution in [3.05, 3.63) is 29.3 Å². The van der Waals surface area contributed by atoms with Crippen molar-refractivity contribution in [1.82, 2.24) is 4.90 Å². The van der Waals surface area contributed by atoms with Gasteiger partial charge in [-0.1, -0.05) is 19.9 Å². The molecule has 0 amide bonds. The van der Waals surface area contributed by atoms with Gasteiger partial charge < -0.3 is 10.5 Å². The molecule has 1 heterocycles. The minimum Gasteiger partial charge on any atom is -0.492 e. The minimum atomic E-state index is 0.373. The smallest absolute Gasteiger partial charge is 0.119 e. The molecule has 1 aliphatic heterocycles. The zero-order chi connectivity index (χ0) is 13.1. The Kier molecular flexibility index (Phi) is 4.25. The van der Waals surface area contributed by atoms with Crippen LogP contribution < -0.4 is 10.5 Å². The molecular weight excluding hydrogens is 224 g/mol. The number of nitrogens with two attached hydrogens (primary N) is 1. The molecule has 2 rings (SSSR count). The summed E-state index contributed by atoms with van der Waals surface area (Å²) in [5, 5.41) is 0. The Hall–Kier alpha value is -1.06. The van der Waals surface area contributed by atoms with Crippen LogP contribution in [-0.2, 0) is 0 Å². The normalized spacial score (nSPS) is 16.9. The summed E-state index contributed by atoms with van der Waals surface area (Å²) in [5.74, 6) is 1.54. The lowest BCUT2D eigenvalue weighted by atomic mass is 9.98. The summed E-state index contributed by atoms with van der Waals surface area (Å²) in [7, 11) is 0. The average molecular weight is 248 g/mol. The molecule has 2 N–H and O–H groups in total. The van der Waals surface area contributed by atoms with Crippen LogP contribution in [0.3, 0.4) is 0 Å². The number of likely N-dealkylation sites (tertiary alicyclic amines) is 1. The van der Waals surface area contributed by atoms with Crippen molar-refractivity contribution < 1.29 is 4.74 Å². The van der Waals surface area contributed by atoms with Gasteiger partial charge in [0.2, 0.25) is 0 Å². The van der Waals surface area contributed by atoms with E-state index in [9.17, 15) is 0 Å². The van der Waals surface area contributed by atoms with Crippen LogP contribution >= 0.6 is 0 Å². The fraction of sp³-hybridized carbons (Fsp3) is 0.600. The van der Waals surface area contributed by atoms with Gasteiger partial charge >= 0.3 is 0 Å². The van der Waals surface area contributed by atoms with Crippen LogP contribution in [0.1, 0.15) is 30.9 Å². The fourth-order valence-corrected chi connectivity index (χ4v) is 2.47. The predicted octanol–water partition coefficient (Wildman–Crippen LogP) is 2.14. The van der Waals surface area contributed by atoms with Crippen molar-refractivity contribution in [3.8, 4) is 5.75 Å². The minimum absolute atomic E-state index is 0.373. The van der Waals surface area contributed by atoms with Gasteiger partial charge in [0.05, 0.1) is 0 Å². The van der Waals surface area contributed by atoms with Crippen LogP contribution in [0.5, 0.6) is 5.75 Å². The van der Waals surface area contributed by atoms with Gasteiger partial charge in [-0.15, -0.1) is 0 Å². The molecule has 1 aromatic rings. The highest BCUT2D eigenvalue weighted by Crippen LogP contribution is 2.23. The number of hydrogen-bond donors (Lipinski definition) is 1. The molecule has 0 unspecified atom stereocenters. The maximum absolute atomic E-state index is 5.78. The molecule has 0 atom stereocenters. The van der Waals surface area contributed by atoms with Gasteiger partial charge in [0.1, 0.15) is 12.4 Å². The average Bonchev–Trinajstić information content (AvgIpc) is 2.26. The summed E-state index contributed by atoms with van der Waals surface area (Å²) < 4.78 is 5.78. The zero-order valence-electron chi connectivity index (χ0n) is 11.6. The Morgan fingerprint density at radius 2 is 2.11 bits per heavy atom. The van der Waals surface area contributed by atoms with E-state index in [1.807, 2.05) is 0 Å². The van der Waals surface area contributed by atoms with E-state index >= 15 is 0 Å². The lowest BCUT2D eigenvalue weighted by Gasteiger charge is -2.36. The van der Waals surface area contributed by atoms with E-state index in [4.69, 9.17) is 10.5 Å². The number of nitrogens with zero attached hydrogens (tertiary/aromatic N) is 1. The molecule has 100 valence electrons. The highest BCUT2D eigenvalue weighted by atomic mass is 16.5. The fourth-order valence-electron chi connectivity index (χ4n) is 2.47. The number of aryl methyl sites for hydroxylation is 1. The third-order valence-corrected chi connectivity index (χ3v) is 3.52. The third kappa shape index (κ3) is 3.24. The molecule has 0 saturated carbocycles. The second-order valence-electron chi connectivity index (χ2n) is 5.54. The van der Waals surface area contributed by atoms with E-state index in [1.165, 1.54) is 11.1 Å². The first-order valence-electron chi connectivity index (χ1n) is 6.77. The first-order chi connectivity index (χ1) is 8.56. The Morgan fingerprint density at radius 3 is 2.67 bits per heavy atom. The second kappa shape index (κ2) is 5.72. The third-order valence-electron chi connectivity index (χ3n) is 3.52. The quantitative estimate of drug-likeness (QED) is 0.867. The predicted molar refractivity (Wildman–Crippen MR) is 75.2 cm³/mol. The molecule has 0 spiro atoms. The highest BCUT2D eigenvalue weighted by Gasteiger charge is 2.22. The van der Waals surface area contributed by atoms with E-state index in [2.05, 4.69) is 43.9 Å². The molecule has 3 heteroatoms. The monoisotopic (exact) mass is 248 g/mol. The van der Waals surface area contributed by atoms with Gasteiger partial charge in [0.25, 0.3) is 0 Å². The summed E-state index contributed by atoms with van der Waals surface area (Å²) in [5.41, 5.74) is 8.45. The Labute approximate surface area is 110 Å². The molecule has 0 bridgehead atoms. The summed E-state index contributed by atoms with van der Waals surface area (Å²) >= 11 is 0. The Bertz CT molecular complexity index is 397. The van der Waals surface area contributed by atoms with Gasteiger partial charge in [-0.05, 0) is 36.1 Å². The lowest BCUT2D eigenvalue weighted by molar-refractivity contribution is 0.124. The van der Waals surface area contributed by atoms with E-state index in [0.717, 1.165) is 32.0 Å². The summed E-state index contributed by atoms with van der Waals surface area (Å²) in [6.07, 6.45) is 0. The van der Waals surface area contributed by atoms with E-state index in [-0.39, 0.29) is 0 Å². The molecule has 3 nitrogen and oxygen atoms in total. The molecule has 0 radical (unpaired) electrons. The van der Waals surface area contributed by atoms with Crippen molar-refractivity contribution in [2.45, 2.75) is 32.7 Å². The largest absolute Gasteiger partial charge is 0.492 e. The first-order valence-corrected chi connectivity index (χ1v) is 6.77. The van der Waals surface area contributed by atoms with Crippen LogP contribution in [-0.4, -0.2) is 37.2 Å². The van der Waals surface area contributed by atoms with Crippen molar-refractivity contribution in [3.63, 3.8) is 0 Å². The Morgan fingerprint density at radius 1 is 1.39 bits per heavy atom. The standard InChI is InChI=1S/C15H24N2O/c1-11(2)15-5-4-14(8-12(15)3)18-7-6-17-9-13(16)10-17/h4-5,8,11,13H,6-7,9-10,16H2,1-3H3. The zero-order valence-corrected chi connectivity index (χ0v) is 11.6. The molecular formula is C15H24N2O. The number of ether oxygens (including phenoxy) is 1. The summed E-state index contributed by atoms with van der Waals surface area (Å²) in [4.78, 5) is 2.32. The molecule has 0 aliphatic carbocycles. The molecule has 1 aromatic carbocycles. The number of rotatable bonds is 5. The van der Waals surface area contributed by atoms with Crippen LogP contribution in [0, 0.1) is 6.92 Å². The van der Waals surface area contributed by atoms with E-state index < -0.39 is 0 Å². The Balaban J connectivity index is 1.81. The van der Waals surface area contributed by atoms with Crippen molar-refractivity contribution in [1.29, 1.82) is 0 Å². The second-order valence-corrected chi connectivity index (χ2v) is 5.54. The molecule has 0 aromatic heterocycles. The topological polar surface area (TPSA) is 38.5 Å². The van der Waals surface area contributed by atoms with Gasteiger partial charge in [0.15, 0.2) is 0 Å². The van der Waals surface area contributed by atoms with Crippen molar-refractivity contribution in [2.75, 3.05) is 26.2 Å². The molecule has 1 fully saturated rings. The first kappa shape index (κ1) is 13.4. The van der Waals surface area contributed by atoms with Crippen LogP contribution in [0.25, 0.3) is 0 Å². The SMILES string of the molecule is Cc1cc(OCCN2CC(N)C2)ccc1C(C)C. The maximum Gasteiger partial charge on any atom is 0.119 e. The van der Waals surface area contributed by atoms with Crippen LogP contribution in [0.4, 0.5) is 0 Å². The van der Waals surface area contributed by atoms with Crippen molar-refractivity contribution in [2.24, 2.45) is 5.73 Å². The van der Waals surface area contributed by atoms with Gasteiger partial charge in [-0.2, -0.15) is 0 Å². The van der Waals surface area contributed by atoms with Crippen molar-refractivity contribution >= 4 is 0 Å².